The molecule has 0 aliphatic rings. The van der Waals surface area contributed by atoms with E-state index in [0.29, 0.717) is 13.2 Å². The van der Waals surface area contributed by atoms with Crippen LogP contribution in [0.3, 0.4) is 0 Å². The van der Waals surface area contributed by atoms with Crippen molar-refractivity contribution in [2.45, 2.75) is 165 Å². The minimum absolute atomic E-state index is 0.197. The van der Waals surface area contributed by atoms with Gasteiger partial charge in [0.15, 0.2) is 0 Å². The second kappa shape index (κ2) is 24.8. The van der Waals surface area contributed by atoms with E-state index in [1.165, 1.54) is 77.0 Å². The quantitative estimate of drug-likeness (QED) is 0.0501. The molecule has 0 atom stereocenters. The number of ether oxygens (including phenoxy) is 2. The van der Waals surface area contributed by atoms with Crippen LogP contribution in [0, 0.1) is 0 Å². The van der Waals surface area contributed by atoms with Crippen LogP contribution in [0.4, 0.5) is 0 Å². The van der Waals surface area contributed by atoms with Crippen molar-refractivity contribution < 1.29 is 9.47 Å². The molecule has 0 aliphatic carbocycles. The Morgan fingerprint density at radius 1 is 0.541 bits per heavy atom. The fourth-order valence-electron chi connectivity index (χ4n) is 5.91. The zero-order valence-corrected chi connectivity index (χ0v) is 32.5. The van der Waals surface area contributed by atoms with Gasteiger partial charge in [0.1, 0.15) is 0 Å². The van der Waals surface area contributed by atoms with E-state index in [-0.39, 0.29) is 6.29 Å². The molecule has 37 heavy (non-hydrogen) atoms. The molecule has 0 heterocycles. The van der Waals surface area contributed by atoms with Crippen LogP contribution in [0.25, 0.3) is 0 Å². The Bertz CT molecular complexity index is 523. The molecule has 0 bridgehead atoms. The van der Waals surface area contributed by atoms with Crippen LogP contribution < -0.4 is 0 Å². The molecule has 0 saturated heterocycles. The number of hydrogen-bond donors (Lipinski definition) is 0. The van der Waals surface area contributed by atoms with Gasteiger partial charge >= 0.3 is 245 Å². The van der Waals surface area contributed by atoms with Gasteiger partial charge in [0.2, 0.25) is 0 Å². The first-order valence-corrected chi connectivity index (χ1v) is 31.8. The maximum atomic E-state index is 6.02. The average Bonchev–Trinajstić information content (AvgIpc) is 2.91. The molecule has 0 rings (SSSR count). The van der Waals surface area contributed by atoms with Crippen LogP contribution in [0.15, 0.2) is 19.8 Å². The minimum atomic E-state index is -2.60. The third-order valence-corrected chi connectivity index (χ3v) is 40.4. The van der Waals surface area contributed by atoms with E-state index < -0.39 is 36.8 Å². The average molecular weight is 734 g/mol. The Balaban J connectivity index is 7.01. The number of hydrogen-bond acceptors (Lipinski definition) is 2. The van der Waals surface area contributed by atoms with E-state index in [9.17, 15) is 0 Å². The van der Waals surface area contributed by atoms with Crippen LogP contribution in [-0.2, 0) is 9.47 Å². The standard InChI is InChI=1S/C9H14O2.6C4H9.2Sn/c1-4-7-8-9(10-5-2)11-6-3;6*1-3-4-2;;/h1,7-9H,5-6H2,2-3H3;6*1,3-4H2,2H3;;/b4-1?,8-7+;;;;;;;;. The summed E-state index contributed by atoms with van der Waals surface area (Å²) < 4.78 is 26.4. The topological polar surface area (TPSA) is 18.5 Å². The van der Waals surface area contributed by atoms with Crippen LogP contribution in [-0.4, -0.2) is 56.3 Å². The summed E-state index contributed by atoms with van der Waals surface area (Å²) in [5.41, 5.74) is 0. The molecule has 0 saturated carbocycles. The third-order valence-electron chi connectivity index (χ3n) is 8.28. The van der Waals surface area contributed by atoms with E-state index in [1.807, 2.05) is 3.59 Å². The van der Waals surface area contributed by atoms with Crippen molar-refractivity contribution in [1.82, 2.24) is 0 Å². The van der Waals surface area contributed by atoms with Gasteiger partial charge in [0.25, 0.3) is 0 Å². The molecule has 4 heteroatoms. The van der Waals surface area contributed by atoms with Crippen LogP contribution >= 0.6 is 0 Å². The molecule has 0 unspecified atom stereocenters. The summed E-state index contributed by atoms with van der Waals surface area (Å²) in [6.45, 7) is 20.0. The first kappa shape index (κ1) is 38.0. The van der Waals surface area contributed by atoms with Crippen LogP contribution in [0.2, 0.25) is 26.6 Å². The fourth-order valence-corrected chi connectivity index (χ4v) is 47.8. The van der Waals surface area contributed by atoms with Gasteiger partial charge < -0.3 is 0 Å². The van der Waals surface area contributed by atoms with Gasteiger partial charge in [-0.25, -0.2) is 0 Å². The molecule has 0 spiro atoms. The van der Waals surface area contributed by atoms with Gasteiger partial charge in [-0.3, -0.25) is 0 Å². The van der Waals surface area contributed by atoms with Gasteiger partial charge in [0.05, 0.1) is 0 Å². The number of unbranched alkanes of at least 4 members (excludes halogenated alkanes) is 6. The Morgan fingerprint density at radius 2 is 0.892 bits per heavy atom. The molecule has 0 N–H and O–H groups in total. The van der Waals surface area contributed by atoms with Crippen LogP contribution in [0.5, 0.6) is 0 Å². The van der Waals surface area contributed by atoms with Gasteiger partial charge in [-0.1, -0.05) is 0 Å². The summed E-state index contributed by atoms with van der Waals surface area (Å²) in [5.74, 6) is 0. The molecule has 0 amide bonds. The van der Waals surface area contributed by atoms with Gasteiger partial charge in [0, 0.05) is 0 Å². The van der Waals surface area contributed by atoms with Crippen molar-refractivity contribution >= 4 is 36.8 Å². The summed E-state index contributed by atoms with van der Waals surface area (Å²) >= 11 is -5.05. The Morgan fingerprint density at radius 3 is 1.22 bits per heavy atom. The van der Waals surface area contributed by atoms with Gasteiger partial charge in [-0.2, -0.15) is 0 Å². The second-order valence-corrected chi connectivity index (χ2v) is 37.6. The summed E-state index contributed by atoms with van der Waals surface area (Å²) in [6.07, 6.45) is 21.4. The first-order chi connectivity index (χ1) is 18.0. The van der Waals surface area contributed by atoms with Crippen LogP contribution in [0.1, 0.15) is 132 Å². The maximum absolute atomic E-state index is 6.02. The van der Waals surface area contributed by atoms with Crippen molar-refractivity contribution in [2.75, 3.05) is 13.2 Å². The number of rotatable bonds is 26. The molecular formula is C33H68O2Sn2. The molecule has 2 nitrogen and oxygen atoms in total. The predicted octanol–water partition coefficient (Wildman–Crippen LogP) is 11.6. The van der Waals surface area contributed by atoms with E-state index >= 15 is 0 Å². The van der Waals surface area contributed by atoms with E-state index in [1.54, 1.807) is 26.6 Å². The molecule has 0 aromatic heterocycles. The van der Waals surface area contributed by atoms with E-state index in [4.69, 9.17) is 9.47 Å². The van der Waals surface area contributed by atoms with Gasteiger partial charge in [-0.05, 0) is 0 Å². The summed E-state index contributed by atoms with van der Waals surface area (Å²) in [7, 11) is 0. The summed E-state index contributed by atoms with van der Waals surface area (Å²) in [4.78, 5) is 0. The molecule has 0 aliphatic heterocycles. The van der Waals surface area contributed by atoms with E-state index in [0.717, 1.165) is 0 Å². The number of allylic oxidation sites excluding steroid dienone is 2. The zero-order valence-electron chi connectivity index (χ0n) is 26.8. The predicted molar refractivity (Wildman–Crippen MR) is 174 cm³/mol. The molecule has 0 aromatic rings. The van der Waals surface area contributed by atoms with E-state index in [2.05, 4.69) is 71.6 Å². The van der Waals surface area contributed by atoms with Gasteiger partial charge in [-0.15, -0.1) is 0 Å². The second-order valence-electron chi connectivity index (χ2n) is 11.5. The molecule has 0 fully saturated rings. The monoisotopic (exact) mass is 736 g/mol. The van der Waals surface area contributed by atoms with Crippen molar-refractivity contribution in [3.8, 4) is 0 Å². The normalized spacial score (nSPS) is 13.4. The van der Waals surface area contributed by atoms with Crippen molar-refractivity contribution in [2.24, 2.45) is 0 Å². The summed E-state index contributed by atoms with van der Waals surface area (Å²) in [5, 5.41) is 0. The van der Waals surface area contributed by atoms with Crippen molar-refractivity contribution in [3.63, 3.8) is 0 Å². The molecular weight excluding hydrogens is 666 g/mol. The molecule has 220 valence electrons. The Hall–Kier alpha value is 0.997. The Kier molecular flexibility index (Phi) is 25.4. The first-order valence-electron chi connectivity index (χ1n) is 16.6. The summed E-state index contributed by atoms with van der Waals surface area (Å²) in [6, 6.07) is 0. The molecule has 0 radical (unpaired) electrons. The van der Waals surface area contributed by atoms with Crippen molar-refractivity contribution in [3.05, 3.63) is 19.8 Å². The SMILES string of the molecule is CCC[CH2][Sn](/[CH]=[C](/C=C/C(OCC)OCC)[Sn]([CH2]CCC)([CH2]CCC)[CH2]CCC)([CH2]CCC)[CH2]CCC. The molecule has 0 aromatic carbocycles. The third kappa shape index (κ3) is 16.1. The Labute approximate surface area is 242 Å². The fraction of sp³-hybridized carbons (Fsp3) is 0.879. The van der Waals surface area contributed by atoms with Crippen molar-refractivity contribution in [1.29, 1.82) is 0 Å². The zero-order chi connectivity index (χ0) is 27.8.